The lowest BCUT2D eigenvalue weighted by Crippen LogP contribution is -2.21. The molecule has 0 unspecified atom stereocenters. The molecular weight excluding hydrogens is 350 g/mol. The number of rotatable bonds is 7. The first kappa shape index (κ1) is 18.1. The maximum atomic E-state index is 9.27. The monoisotopic (exact) mass is 369 g/mol. The average Bonchev–Trinajstić information content (AvgIpc) is 2.68. The number of hydrogen-bond acceptors (Lipinski definition) is 6. The van der Waals surface area contributed by atoms with Crippen LogP contribution in [0.15, 0.2) is 54.7 Å². The number of nitrogens with zero attached hydrogens (tertiary/aromatic N) is 3. The minimum absolute atomic E-state index is 0.00922. The van der Waals surface area contributed by atoms with Crippen molar-refractivity contribution in [3.8, 4) is 11.4 Å². The predicted molar refractivity (Wildman–Crippen MR) is 104 cm³/mol. The van der Waals surface area contributed by atoms with Gasteiger partial charge in [0.2, 0.25) is 5.95 Å². The van der Waals surface area contributed by atoms with E-state index < -0.39 is 0 Å². The summed E-state index contributed by atoms with van der Waals surface area (Å²) >= 11 is 5.92. The summed E-state index contributed by atoms with van der Waals surface area (Å²) in [7, 11) is 0. The van der Waals surface area contributed by atoms with E-state index in [9.17, 15) is 5.11 Å². The summed E-state index contributed by atoms with van der Waals surface area (Å²) in [6.45, 7) is 2.45. The largest absolute Gasteiger partial charge is 0.394 e. The molecule has 0 saturated heterocycles. The Hall–Kier alpha value is -2.70. The van der Waals surface area contributed by atoms with Gasteiger partial charge in [-0.25, -0.2) is 4.98 Å². The van der Waals surface area contributed by atoms with Crippen LogP contribution in [-0.2, 0) is 6.54 Å². The molecule has 0 radical (unpaired) electrons. The Morgan fingerprint density at radius 2 is 1.88 bits per heavy atom. The highest BCUT2D eigenvalue weighted by Crippen LogP contribution is 2.20. The fourth-order valence-electron chi connectivity index (χ4n) is 2.31. The summed E-state index contributed by atoms with van der Waals surface area (Å²) in [5, 5.41) is 16.4. The smallest absolute Gasteiger partial charge is 0.225 e. The number of anilines is 2. The van der Waals surface area contributed by atoms with Gasteiger partial charge in [0.15, 0.2) is 0 Å². The van der Waals surface area contributed by atoms with Crippen LogP contribution < -0.4 is 10.6 Å². The summed E-state index contributed by atoms with van der Waals surface area (Å²) in [5.74, 6) is 1.11. The van der Waals surface area contributed by atoms with Crippen molar-refractivity contribution in [1.82, 2.24) is 15.0 Å². The van der Waals surface area contributed by atoms with Gasteiger partial charge < -0.3 is 15.7 Å². The number of nitrogens with one attached hydrogen (secondary N) is 2. The highest BCUT2D eigenvalue weighted by Gasteiger charge is 2.10. The van der Waals surface area contributed by atoms with Gasteiger partial charge in [0, 0.05) is 29.9 Å². The molecule has 0 bridgehead atoms. The predicted octanol–water partition coefficient (Wildman–Crippen LogP) is 3.60. The van der Waals surface area contributed by atoms with Crippen LogP contribution in [0.5, 0.6) is 0 Å². The standard InChI is InChI=1S/C19H20ClN5O/c1-13(12-26)23-19-24-17(16-4-2-3-9-21-16)10-18(25-19)22-11-14-5-7-15(20)8-6-14/h2-10,13,26H,11-12H2,1H3,(H2,22,23,24,25)/t13-/m0/s1. The summed E-state index contributed by atoms with van der Waals surface area (Å²) in [6.07, 6.45) is 1.72. The molecule has 3 rings (SSSR count). The van der Waals surface area contributed by atoms with Gasteiger partial charge in [0.05, 0.1) is 18.0 Å². The molecule has 0 aliphatic carbocycles. The van der Waals surface area contributed by atoms with Crippen molar-refractivity contribution in [2.45, 2.75) is 19.5 Å². The number of halogens is 1. The summed E-state index contributed by atoms with van der Waals surface area (Å²) in [4.78, 5) is 13.3. The molecule has 7 heteroatoms. The van der Waals surface area contributed by atoms with Crippen molar-refractivity contribution in [2.75, 3.05) is 17.2 Å². The van der Waals surface area contributed by atoms with Crippen LogP contribution in [0.25, 0.3) is 11.4 Å². The lowest BCUT2D eigenvalue weighted by Gasteiger charge is -2.14. The van der Waals surface area contributed by atoms with Crippen molar-refractivity contribution in [3.05, 3.63) is 65.3 Å². The number of hydrogen-bond donors (Lipinski definition) is 3. The zero-order valence-corrected chi connectivity index (χ0v) is 15.1. The van der Waals surface area contributed by atoms with E-state index in [0.29, 0.717) is 29.0 Å². The second-order valence-corrected chi connectivity index (χ2v) is 6.32. The fourth-order valence-corrected chi connectivity index (χ4v) is 2.43. The molecule has 0 spiro atoms. The Bertz CT molecular complexity index is 842. The third-order valence-corrected chi connectivity index (χ3v) is 3.94. The van der Waals surface area contributed by atoms with E-state index in [4.69, 9.17) is 11.6 Å². The highest BCUT2D eigenvalue weighted by molar-refractivity contribution is 6.30. The Kier molecular flexibility index (Phi) is 5.99. The minimum Gasteiger partial charge on any atom is -0.394 e. The second kappa shape index (κ2) is 8.60. The number of benzene rings is 1. The average molecular weight is 370 g/mol. The third-order valence-electron chi connectivity index (χ3n) is 3.69. The molecule has 2 aromatic heterocycles. The SMILES string of the molecule is C[C@@H](CO)Nc1nc(NCc2ccc(Cl)cc2)cc(-c2ccccn2)n1. The molecule has 2 heterocycles. The van der Waals surface area contributed by atoms with Crippen molar-refractivity contribution in [1.29, 1.82) is 0 Å². The lowest BCUT2D eigenvalue weighted by atomic mass is 10.2. The molecular formula is C19H20ClN5O. The molecule has 26 heavy (non-hydrogen) atoms. The van der Waals surface area contributed by atoms with Gasteiger partial charge in [0.1, 0.15) is 5.82 Å². The molecule has 0 aliphatic rings. The normalized spacial score (nSPS) is 11.8. The maximum Gasteiger partial charge on any atom is 0.225 e. The van der Waals surface area contributed by atoms with Crippen LogP contribution in [0.2, 0.25) is 5.02 Å². The van der Waals surface area contributed by atoms with Crippen molar-refractivity contribution >= 4 is 23.4 Å². The Labute approximate surface area is 157 Å². The second-order valence-electron chi connectivity index (χ2n) is 5.88. The summed E-state index contributed by atoms with van der Waals surface area (Å²) in [6, 6.07) is 15.0. The highest BCUT2D eigenvalue weighted by atomic mass is 35.5. The van der Waals surface area contributed by atoms with E-state index in [-0.39, 0.29) is 12.6 Å². The Balaban J connectivity index is 1.85. The molecule has 1 atom stereocenters. The first-order valence-electron chi connectivity index (χ1n) is 8.30. The molecule has 0 saturated carbocycles. The van der Waals surface area contributed by atoms with Crippen LogP contribution in [0, 0.1) is 0 Å². The van der Waals surface area contributed by atoms with E-state index >= 15 is 0 Å². The Morgan fingerprint density at radius 3 is 2.58 bits per heavy atom. The van der Waals surface area contributed by atoms with Crippen LogP contribution in [0.4, 0.5) is 11.8 Å². The topological polar surface area (TPSA) is 83.0 Å². The van der Waals surface area contributed by atoms with Gasteiger partial charge >= 0.3 is 0 Å². The molecule has 3 N–H and O–H groups in total. The quantitative estimate of drug-likeness (QED) is 0.590. The van der Waals surface area contributed by atoms with E-state index in [1.807, 2.05) is 55.5 Å². The molecule has 0 amide bonds. The molecule has 3 aromatic rings. The van der Waals surface area contributed by atoms with Gasteiger partial charge in [-0.2, -0.15) is 4.98 Å². The molecule has 1 aromatic carbocycles. The number of pyridine rings is 1. The van der Waals surface area contributed by atoms with Gasteiger partial charge in [0.25, 0.3) is 0 Å². The number of aromatic nitrogens is 3. The van der Waals surface area contributed by atoms with Gasteiger partial charge in [-0.3, -0.25) is 4.98 Å². The first-order chi connectivity index (χ1) is 12.6. The molecule has 0 aliphatic heterocycles. The Morgan fingerprint density at radius 1 is 1.08 bits per heavy atom. The maximum absolute atomic E-state index is 9.27. The van der Waals surface area contributed by atoms with Crippen molar-refractivity contribution in [2.24, 2.45) is 0 Å². The molecule has 6 nitrogen and oxygen atoms in total. The van der Waals surface area contributed by atoms with Crippen LogP contribution >= 0.6 is 11.6 Å². The van der Waals surface area contributed by atoms with Crippen LogP contribution in [-0.4, -0.2) is 32.7 Å². The van der Waals surface area contributed by atoms with Crippen molar-refractivity contribution in [3.63, 3.8) is 0 Å². The van der Waals surface area contributed by atoms with Gasteiger partial charge in [-0.15, -0.1) is 0 Å². The van der Waals surface area contributed by atoms with E-state index in [2.05, 4.69) is 25.6 Å². The minimum atomic E-state index is -0.155. The summed E-state index contributed by atoms with van der Waals surface area (Å²) < 4.78 is 0. The lowest BCUT2D eigenvalue weighted by molar-refractivity contribution is 0.281. The van der Waals surface area contributed by atoms with E-state index in [1.54, 1.807) is 6.20 Å². The zero-order valence-electron chi connectivity index (χ0n) is 14.4. The first-order valence-corrected chi connectivity index (χ1v) is 8.68. The number of aliphatic hydroxyl groups is 1. The van der Waals surface area contributed by atoms with E-state index in [0.717, 1.165) is 11.3 Å². The van der Waals surface area contributed by atoms with Crippen molar-refractivity contribution < 1.29 is 5.11 Å². The zero-order chi connectivity index (χ0) is 18.4. The van der Waals surface area contributed by atoms with Gasteiger partial charge in [-0.1, -0.05) is 29.8 Å². The molecule has 134 valence electrons. The third kappa shape index (κ3) is 4.91. The van der Waals surface area contributed by atoms with Crippen LogP contribution in [0.1, 0.15) is 12.5 Å². The van der Waals surface area contributed by atoms with E-state index in [1.165, 1.54) is 0 Å². The number of aliphatic hydroxyl groups excluding tert-OH is 1. The van der Waals surface area contributed by atoms with Crippen LogP contribution in [0.3, 0.4) is 0 Å². The fraction of sp³-hybridized carbons (Fsp3) is 0.211. The molecule has 0 fully saturated rings. The van der Waals surface area contributed by atoms with Gasteiger partial charge in [-0.05, 0) is 36.8 Å². The summed E-state index contributed by atoms with van der Waals surface area (Å²) in [5.41, 5.74) is 2.54.